The largest absolute Gasteiger partial charge is 0.0843 e. The lowest BCUT2D eigenvalue weighted by Crippen LogP contribution is -1.94. The molecule has 1 unspecified atom stereocenters. The van der Waals surface area contributed by atoms with Crippen LogP contribution < -0.4 is 0 Å². The van der Waals surface area contributed by atoms with Crippen LogP contribution in [0.2, 0.25) is 5.02 Å². The van der Waals surface area contributed by atoms with E-state index in [1.165, 1.54) is 11.1 Å². The predicted octanol–water partition coefficient (Wildman–Crippen LogP) is 5.52. The molecule has 1 heteroatoms. The summed E-state index contributed by atoms with van der Waals surface area (Å²) in [5.74, 6) is 0.420. The Hall–Kier alpha value is -1.27. The van der Waals surface area contributed by atoms with Gasteiger partial charge in [0, 0.05) is 10.9 Å². The number of hydrogen-bond donors (Lipinski definition) is 0. The maximum atomic E-state index is 5.86. The molecule has 0 saturated carbocycles. The summed E-state index contributed by atoms with van der Waals surface area (Å²) in [6, 6.07) is 18.5. The second kappa shape index (κ2) is 7.13. The standard InChI is InChI=1S/C14H13Cl.C2H6/c1-11(12-5-3-2-4-6-12)13-7-9-14(15)10-8-13;1-2/h2-11H,1H3;1-2H3. The lowest BCUT2D eigenvalue weighted by molar-refractivity contribution is 0.922. The zero-order chi connectivity index (χ0) is 12.7. The van der Waals surface area contributed by atoms with E-state index in [2.05, 4.69) is 43.3 Å². The van der Waals surface area contributed by atoms with E-state index in [0.717, 1.165) is 5.02 Å². The Morgan fingerprint density at radius 1 is 0.765 bits per heavy atom. The molecule has 0 aliphatic rings. The summed E-state index contributed by atoms with van der Waals surface area (Å²) in [7, 11) is 0. The third-order valence-electron chi connectivity index (χ3n) is 2.67. The van der Waals surface area contributed by atoms with Gasteiger partial charge >= 0.3 is 0 Å². The molecule has 0 spiro atoms. The molecule has 0 amide bonds. The lowest BCUT2D eigenvalue weighted by atomic mass is 9.93. The van der Waals surface area contributed by atoms with E-state index >= 15 is 0 Å². The Kier molecular flexibility index (Phi) is 5.79. The minimum absolute atomic E-state index is 0.420. The van der Waals surface area contributed by atoms with Crippen molar-refractivity contribution < 1.29 is 0 Å². The SMILES string of the molecule is CC.CC(c1ccccc1)c1ccc(Cl)cc1. The van der Waals surface area contributed by atoms with Gasteiger partial charge in [-0.15, -0.1) is 0 Å². The summed E-state index contributed by atoms with van der Waals surface area (Å²) < 4.78 is 0. The molecule has 0 bridgehead atoms. The lowest BCUT2D eigenvalue weighted by Gasteiger charge is -2.12. The molecule has 0 aliphatic carbocycles. The van der Waals surface area contributed by atoms with E-state index in [-0.39, 0.29) is 0 Å². The third-order valence-corrected chi connectivity index (χ3v) is 2.92. The average Bonchev–Trinajstić information content (AvgIpc) is 2.42. The van der Waals surface area contributed by atoms with E-state index in [1.807, 2.05) is 32.0 Å². The number of hydrogen-bond acceptors (Lipinski definition) is 0. The van der Waals surface area contributed by atoms with Gasteiger partial charge in [-0.3, -0.25) is 0 Å². The van der Waals surface area contributed by atoms with Gasteiger partial charge in [-0.25, -0.2) is 0 Å². The van der Waals surface area contributed by atoms with Crippen LogP contribution in [-0.2, 0) is 0 Å². The van der Waals surface area contributed by atoms with Crippen LogP contribution in [-0.4, -0.2) is 0 Å². The first-order chi connectivity index (χ1) is 8.27. The van der Waals surface area contributed by atoms with E-state index in [9.17, 15) is 0 Å². The van der Waals surface area contributed by atoms with Crippen molar-refractivity contribution in [3.63, 3.8) is 0 Å². The predicted molar refractivity (Wildman–Crippen MR) is 76.8 cm³/mol. The second-order valence-corrected chi connectivity index (χ2v) is 4.12. The van der Waals surface area contributed by atoms with E-state index in [1.54, 1.807) is 0 Å². The number of rotatable bonds is 2. The fourth-order valence-electron chi connectivity index (χ4n) is 1.69. The summed E-state index contributed by atoms with van der Waals surface area (Å²) in [4.78, 5) is 0. The van der Waals surface area contributed by atoms with Crippen molar-refractivity contribution in [3.8, 4) is 0 Å². The molecule has 0 saturated heterocycles. The molecule has 0 aromatic heterocycles. The Balaban J connectivity index is 0.000000686. The van der Waals surface area contributed by atoms with Crippen LogP contribution in [0.25, 0.3) is 0 Å². The van der Waals surface area contributed by atoms with Gasteiger partial charge in [-0.2, -0.15) is 0 Å². The molecule has 2 rings (SSSR count). The van der Waals surface area contributed by atoms with Gasteiger partial charge in [0.1, 0.15) is 0 Å². The Morgan fingerprint density at radius 3 is 1.76 bits per heavy atom. The molecular weight excluding hydrogens is 228 g/mol. The number of benzene rings is 2. The Morgan fingerprint density at radius 2 is 1.24 bits per heavy atom. The Labute approximate surface area is 109 Å². The first kappa shape index (κ1) is 13.8. The smallest absolute Gasteiger partial charge is 0.0406 e. The average molecular weight is 247 g/mol. The molecule has 0 N–H and O–H groups in total. The molecule has 0 aliphatic heterocycles. The van der Waals surface area contributed by atoms with Crippen LogP contribution in [0.3, 0.4) is 0 Å². The van der Waals surface area contributed by atoms with Gasteiger partial charge in [0.25, 0.3) is 0 Å². The monoisotopic (exact) mass is 246 g/mol. The van der Waals surface area contributed by atoms with Crippen molar-refractivity contribution in [2.24, 2.45) is 0 Å². The zero-order valence-corrected chi connectivity index (χ0v) is 11.4. The molecule has 0 nitrogen and oxygen atoms in total. The fourth-order valence-corrected chi connectivity index (χ4v) is 1.81. The van der Waals surface area contributed by atoms with Crippen molar-refractivity contribution in [1.29, 1.82) is 0 Å². The second-order valence-electron chi connectivity index (χ2n) is 3.68. The van der Waals surface area contributed by atoms with E-state index in [0.29, 0.717) is 5.92 Å². The van der Waals surface area contributed by atoms with Crippen LogP contribution in [0, 0.1) is 0 Å². The fraction of sp³-hybridized carbons (Fsp3) is 0.250. The van der Waals surface area contributed by atoms with Crippen molar-refractivity contribution in [2.75, 3.05) is 0 Å². The zero-order valence-electron chi connectivity index (χ0n) is 10.7. The molecular formula is C16H19Cl. The molecule has 0 fully saturated rings. The minimum atomic E-state index is 0.420. The van der Waals surface area contributed by atoms with Crippen LogP contribution in [0.15, 0.2) is 54.6 Å². The first-order valence-electron chi connectivity index (χ1n) is 6.08. The van der Waals surface area contributed by atoms with Gasteiger partial charge in [-0.05, 0) is 23.3 Å². The summed E-state index contributed by atoms with van der Waals surface area (Å²) in [5.41, 5.74) is 2.63. The normalized spacial score (nSPS) is 11.3. The van der Waals surface area contributed by atoms with Gasteiger partial charge < -0.3 is 0 Å². The molecule has 0 radical (unpaired) electrons. The highest BCUT2D eigenvalue weighted by molar-refractivity contribution is 6.30. The van der Waals surface area contributed by atoms with Gasteiger partial charge in [0.15, 0.2) is 0 Å². The van der Waals surface area contributed by atoms with E-state index in [4.69, 9.17) is 11.6 Å². The van der Waals surface area contributed by atoms with Crippen LogP contribution in [0.1, 0.15) is 37.8 Å². The summed E-state index contributed by atoms with van der Waals surface area (Å²) in [5, 5.41) is 0.791. The molecule has 17 heavy (non-hydrogen) atoms. The quantitative estimate of drug-likeness (QED) is 0.655. The highest BCUT2D eigenvalue weighted by Crippen LogP contribution is 2.24. The summed E-state index contributed by atoms with van der Waals surface area (Å²) in [6.45, 7) is 6.21. The molecule has 90 valence electrons. The topological polar surface area (TPSA) is 0 Å². The molecule has 2 aromatic rings. The van der Waals surface area contributed by atoms with Crippen molar-refractivity contribution >= 4 is 11.6 Å². The van der Waals surface area contributed by atoms with Crippen LogP contribution in [0.5, 0.6) is 0 Å². The maximum Gasteiger partial charge on any atom is 0.0406 e. The van der Waals surface area contributed by atoms with Crippen molar-refractivity contribution in [3.05, 3.63) is 70.7 Å². The highest BCUT2D eigenvalue weighted by Gasteiger charge is 2.06. The molecule has 1 atom stereocenters. The minimum Gasteiger partial charge on any atom is -0.0843 e. The van der Waals surface area contributed by atoms with Gasteiger partial charge in [-0.1, -0.05) is 74.8 Å². The summed E-state index contributed by atoms with van der Waals surface area (Å²) >= 11 is 5.86. The number of halogens is 1. The molecule has 0 heterocycles. The highest BCUT2D eigenvalue weighted by atomic mass is 35.5. The van der Waals surface area contributed by atoms with Crippen LogP contribution in [0.4, 0.5) is 0 Å². The van der Waals surface area contributed by atoms with Crippen LogP contribution >= 0.6 is 11.6 Å². The first-order valence-corrected chi connectivity index (χ1v) is 6.45. The van der Waals surface area contributed by atoms with Crippen molar-refractivity contribution in [1.82, 2.24) is 0 Å². The third kappa shape index (κ3) is 3.90. The maximum absolute atomic E-state index is 5.86. The summed E-state index contributed by atoms with van der Waals surface area (Å²) in [6.07, 6.45) is 0. The van der Waals surface area contributed by atoms with Gasteiger partial charge in [0.05, 0.1) is 0 Å². The molecule has 2 aromatic carbocycles. The Bertz CT molecular complexity index is 417. The van der Waals surface area contributed by atoms with Gasteiger partial charge in [0.2, 0.25) is 0 Å². The van der Waals surface area contributed by atoms with Crippen molar-refractivity contribution in [2.45, 2.75) is 26.7 Å². The van der Waals surface area contributed by atoms with E-state index < -0.39 is 0 Å².